The normalized spacial score (nSPS) is 18.9. The van der Waals surface area contributed by atoms with Crippen molar-refractivity contribution in [2.75, 3.05) is 19.7 Å². The van der Waals surface area contributed by atoms with E-state index < -0.39 is 0 Å². The minimum absolute atomic E-state index is 0.0379. The zero-order valence-electron chi connectivity index (χ0n) is 10.4. The van der Waals surface area contributed by atoms with Gasteiger partial charge in [-0.2, -0.15) is 0 Å². The molecule has 1 aromatic rings. The first-order valence-corrected chi connectivity index (χ1v) is 6.08. The maximum atomic E-state index is 11.8. The van der Waals surface area contributed by atoms with Gasteiger partial charge in [0.1, 0.15) is 5.69 Å². The topological polar surface area (TPSA) is 56.1 Å². The number of carbonyl (C=O) groups excluding carboxylic acids is 1. The second-order valence-corrected chi connectivity index (χ2v) is 4.62. The highest BCUT2D eigenvalue weighted by Crippen LogP contribution is 2.28. The second-order valence-electron chi connectivity index (χ2n) is 4.62. The molecule has 0 amide bonds. The van der Waals surface area contributed by atoms with Crippen LogP contribution in [0.1, 0.15) is 37.2 Å². The van der Waals surface area contributed by atoms with Gasteiger partial charge in [-0.15, -0.1) is 0 Å². The zero-order valence-corrected chi connectivity index (χ0v) is 10.4. The number of ether oxygens (including phenoxy) is 1. The molecule has 1 fully saturated rings. The van der Waals surface area contributed by atoms with Crippen LogP contribution < -0.4 is 5.32 Å². The molecule has 1 aliphatic rings. The highest BCUT2D eigenvalue weighted by Gasteiger charge is 2.31. The summed E-state index contributed by atoms with van der Waals surface area (Å²) in [7, 11) is 0. The van der Waals surface area contributed by atoms with E-state index in [9.17, 15) is 4.79 Å². The van der Waals surface area contributed by atoms with E-state index in [1.807, 2.05) is 11.5 Å². The fourth-order valence-electron chi connectivity index (χ4n) is 2.29. The van der Waals surface area contributed by atoms with Crippen molar-refractivity contribution < 1.29 is 9.53 Å². The molecule has 1 aromatic heterocycles. The molecule has 0 radical (unpaired) electrons. The number of carbonyl (C=O) groups is 1. The molecule has 1 N–H and O–H groups in total. The molecule has 0 spiro atoms. The van der Waals surface area contributed by atoms with Crippen molar-refractivity contribution in [3.8, 4) is 0 Å². The molecule has 1 aliphatic heterocycles. The van der Waals surface area contributed by atoms with Gasteiger partial charge in [0, 0.05) is 5.54 Å². The summed E-state index contributed by atoms with van der Waals surface area (Å²) in [6.07, 6.45) is 5.31. The quantitative estimate of drug-likeness (QED) is 0.801. The molecule has 0 aliphatic carbocycles. The minimum atomic E-state index is -0.287. The first-order chi connectivity index (χ1) is 8.17. The number of hydrogen-bond acceptors (Lipinski definition) is 4. The Morgan fingerprint density at radius 2 is 2.29 bits per heavy atom. The summed E-state index contributed by atoms with van der Waals surface area (Å²) >= 11 is 0. The van der Waals surface area contributed by atoms with Crippen LogP contribution in [0.3, 0.4) is 0 Å². The summed E-state index contributed by atoms with van der Waals surface area (Å²) in [6.45, 7) is 6.30. The van der Waals surface area contributed by atoms with E-state index in [1.165, 1.54) is 0 Å². The van der Waals surface area contributed by atoms with Crippen LogP contribution in [0.15, 0.2) is 12.5 Å². The number of imidazole rings is 1. The van der Waals surface area contributed by atoms with E-state index in [2.05, 4.69) is 17.2 Å². The smallest absolute Gasteiger partial charge is 0.356 e. The van der Waals surface area contributed by atoms with Crippen LogP contribution in [0.4, 0.5) is 0 Å². The predicted octanol–water partition coefficient (Wildman–Crippen LogP) is 1.16. The van der Waals surface area contributed by atoms with E-state index in [4.69, 9.17) is 4.74 Å². The average Bonchev–Trinajstić information content (AvgIpc) is 2.80. The van der Waals surface area contributed by atoms with Crippen LogP contribution in [-0.4, -0.2) is 35.2 Å². The number of nitrogens with one attached hydrogen (secondary N) is 1. The lowest BCUT2D eigenvalue weighted by atomic mass is 9.90. The van der Waals surface area contributed by atoms with Gasteiger partial charge in [0.25, 0.3) is 0 Å². The summed E-state index contributed by atoms with van der Waals surface area (Å²) in [5.41, 5.74) is 0.514. The van der Waals surface area contributed by atoms with Gasteiger partial charge in [-0.05, 0) is 39.8 Å². The summed E-state index contributed by atoms with van der Waals surface area (Å²) in [5.74, 6) is -0.287. The molecule has 2 rings (SSSR count). The molecule has 1 saturated heterocycles. The Hall–Kier alpha value is -1.36. The number of rotatable bonds is 3. The van der Waals surface area contributed by atoms with Gasteiger partial charge in [0.2, 0.25) is 0 Å². The fourth-order valence-corrected chi connectivity index (χ4v) is 2.29. The third kappa shape index (κ3) is 2.34. The van der Waals surface area contributed by atoms with Crippen LogP contribution in [0.25, 0.3) is 0 Å². The summed E-state index contributed by atoms with van der Waals surface area (Å²) in [4.78, 5) is 15.9. The molecule has 17 heavy (non-hydrogen) atoms. The Labute approximate surface area is 101 Å². The molecule has 5 heteroatoms. The predicted molar refractivity (Wildman–Crippen MR) is 63.9 cm³/mol. The lowest BCUT2D eigenvalue weighted by molar-refractivity contribution is 0.0500. The maximum absolute atomic E-state index is 11.8. The summed E-state index contributed by atoms with van der Waals surface area (Å²) in [5, 5.41) is 3.33. The lowest BCUT2D eigenvalue weighted by Gasteiger charge is -2.36. The minimum Gasteiger partial charge on any atom is -0.461 e. The standard InChI is InChI=1S/C12H19N3O2/c1-3-17-11(16)10-8-14-9-15(10)12(2)4-6-13-7-5-12/h8-9,13H,3-7H2,1-2H3. The Morgan fingerprint density at radius 1 is 1.59 bits per heavy atom. The molecule has 0 saturated carbocycles. The Bertz CT molecular complexity index is 394. The summed E-state index contributed by atoms with van der Waals surface area (Å²) in [6, 6.07) is 0. The van der Waals surface area contributed by atoms with Gasteiger partial charge in [0.05, 0.1) is 19.1 Å². The fraction of sp³-hybridized carbons (Fsp3) is 0.667. The molecular formula is C12H19N3O2. The number of hydrogen-bond donors (Lipinski definition) is 1. The van der Waals surface area contributed by atoms with Crippen molar-refractivity contribution in [1.29, 1.82) is 0 Å². The molecule has 0 aromatic carbocycles. The van der Waals surface area contributed by atoms with E-state index >= 15 is 0 Å². The number of nitrogens with zero attached hydrogens (tertiary/aromatic N) is 2. The van der Waals surface area contributed by atoms with Crippen LogP contribution >= 0.6 is 0 Å². The molecule has 0 atom stereocenters. The zero-order chi connectivity index (χ0) is 12.3. The van der Waals surface area contributed by atoms with Gasteiger partial charge in [-0.25, -0.2) is 9.78 Å². The molecule has 2 heterocycles. The Kier molecular flexibility index (Phi) is 3.47. The molecule has 5 nitrogen and oxygen atoms in total. The van der Waals surface area contributed by atoms with E-state index in [-0.39, 0.29) is 11.5 Å². The third-order valence-corrected chi connectivity index (χ3v) is 3.39. The van der Waals surface area contributed by atoms with Crippen LogP contribution in [0.2, 0.25) is 0 Å². The highest BCUT2D eigenvalue weighted by molar-refractivity contribution is 5.87. The van der Waals surface area contributed by atoms with E-state index in [1.54, 1.807) is 12.5 Å². The first kappa shape index (κ1) is 12.1. The van der Waals surface area contributed by atoms with Crippen molar-refractivity contribution in [1.82, 2.24) is 14.9 Å². The number of piperidine rings is 1. The molecule has 94 valence electrons. The Morgan fingerprint density at radius 3 is 2.94 bits per heavy atom. The van der Waals surface area contributed by atoms with Gasteiger partial charge < -0.3 is 14.6 Å². The van der Waals surface area contributed by atoms with Crippen LogP contribution in [-0.2, 0) is 10.3 Å². The highest BCUT2D eigenvalue weighted by atomic mass is 16.5. The summed E-state index contributed by atoms with van der Waals surface area (Å²) < 4.78 is 7.01. The van der Waals surface area contributed by atoms with Gasteiger partial charge >= 0.3 is 5.97 Å². The number of esters is 1. The number of aromatic nitrogens is 2. The van der Waals surface area contributed by atoms with E-state index in [0.717, 1.165) is 25.9 Å². The van der Waals surface area contributed by atoms with Crippen molar-refractivity contribution in [2.24, 2.45) is 0 Å². The largest absolute Gasteiger partial charge is 0.461 e. The Balaban J connectivity index is 2.26. The third-order valence-electron chi connectivity index (χ3n) is 3.39. The van der Waals surface area contributed by atoms with E-state index in [0.29, 0.717) is 12.3 Å². The monoisotopic (exact) mass is 237 g/mol. The van der Waals surface area contributed by atoms with Crippen molar-refractivity contribution in [3.63, 3.8) is 0 Å². The molecular weight excluding hydrogens is 218 g/mol. The van der Waals surface area contributed by atoms with Crippen molar-refractivity contribution in [3.05, 3.63) is 18.2 Å². The van der Waals surface area contributed by atoms with Gasteiger partial charge in [-0.3, -0.25) is 0 Å². The second kappa shape index (κ2) is 4.87. The van der Waals surface area contributed by atoms with Crippen molar-refractivity contribution in [2.45, 2.75) is 32.2 Å². The van der Waals surface area contributed by atoms with Gasteiger partial charge in [-0.1, -0.05) is 0 Å². The maximum Gasteiger partial charge on any atom is 0.356 e. The molecule has 0 bridgehead atoms. The van der Waals surface area contributed by atoms with Crippen LogP contribution in [0, 0.1) is 0 Å². The van der Waals surface area contributed by atoms with Crippen molar-refractivity contribution >= 4 is 5.97 Å². The SMILES string of the molecule is CCOC(=O)c1cncn1C1(C)CCNCC1. The first-order valence-electron chi connectivity index (χ1n) is 6.08. The average molecular weight is 237 g/mol. The molecule has 0 unspecified atom stereocenters. The lowest BCUT2D eigenvalue weighted by Crippen LogP contribution is -2.42. The van der Waals surface area contributed by atoms with Gasteiger partial charge in [0.15, 0.2) is 0 Å². The van der Waals surface area contributed by atoms with Crippen LogP contribution in [0.5, 0.6) is 0 Å².